The number of ether oxygens (including phenoxy) is 1. The molecular formula is C40H27NO3. The van der Waals surface area contributed by atoms with Crippen molar-refractivity contribution in [3.05, 3.63) is 149 Å². The number of hydrogen-bond donors (Lipinski definition) is 0. The number of benzene rings is 6. The molecule has 0 spiro atoms. The molecule has 6 aromatic carbocycles. The Hall–Kier alpha value is -5.61. The molecule has 0 bridgehead atoms. The second-order valence-corrected chi connectivity index (χ2v) is 12.1. The second kappa shape index (κ2) is 8.95. The molecular weight excluding hydrogens is 542 g/mol. The first-order valence-corrected chi connectivity index (χ1v) is 14.9. The molecule has 0 amide bonds. The van der Waals surface area contributed by atoms with Crippen LogP contribution >= 0.6 is 0 Å². The quantitative estimate of drug-likeness (QED) is 0.194. The van der Waals surface area contributed by atoms with Gasteiger partial charge in [-0.25, -0.2) is 0 Å². The maximum Gasteiger partial charge on any atom is 0.200 e. The molecule has 44 heavy (non-hydrogen) atoms. The fourth-order valence-electron chi connectivity index (χ4n) is 6.97. The molecule has 0 aliphatic carbocycles. The average Bonchev–Trinajstić information content (AvgIpc) is 3.06. The highest BCUT2D eigenvalue weighted by atomic mass is 16.5. The summed E-state index contributed by atoms with van der Waals surface area (Å²) in [5, 5.41) is 1.19. The van der Waals surface area contributed by atoms with Gasteiger partial charge in [0, 0.05) is 5.41 Å². The van der Waals surface area contributed by atoms with E-state index in [0.29, 0.717) is 21.9 Å². The highest BCUT2D eigenvalue weighted by molar-refractivity contribution is 5.95. The van der Waals surface area contributed by atoms with E-state index < -0.39 is 0 Å². The average molecular weight is 570 g/mol. The van der Waals surface area contributed by atoms with Gasteiger partial charge in [-0.2, -0.15) is 0 Å². The Morgan fingerprint density at radius 3 is 2.11 bits per heavy atom. The molecule has 0 atom stereocenters. The van der Waals surface area contributed by atoms with Crippen LogP contribution in [-0.2, 0) is 5.41 Å². The monoisotopic (exact) mass is 569 g/mol. The summed E-state index contributed by atoms with van der Waals surface area (Å²) in [6, 6.07) is 43.2. The third kappa shape index (κ3) is 3.48. The predicted molar refractivity (Wildman–Crippen MR) is 178 cm³/mol. The smallest absolute Gasteiger partial charge is 0.200 e. The molecule has 0 unspecified atom stereocenters. The number of para-hydroxylation sites is 4. The van der Waals surface area contributed by atoms with Crippen molar-refractivity contribution in [2.75, 3.05) is 4.90 Å². The molecule has 2 aliphatic heterocycles. The maximum absolute atomic E-state index is 13.3. The van der Waals surface area contributed by atoms with E-state index in [9.17, 15) is 4.79 Å². The molecule has 4 heteroatoms. The zero-order valence-corrected chi connectivity index (χ0v) is 24.3. The van der Waals surface area contributed by atoms with E-state index in [-0.39, 0.29) is 10.8 Å². The standard InChI is InChI=1S/C40H27NO3/c1-40(2)30-12-8-16-37-38(30)41(33-13-4-6-15-36(33)44-37)32-19-17-27(23-31(32)40)25-10-7-9-24(21-25)26-18-20-35-29(22-26)39(42)28-11-3-5-14-34(28)43-35/h3-23H,1-2H3. The van der Waals surface area contributed by atoms with E-state index in [1.54, 1.807) is 0 Å². The minimum atomic E-state index is -0.240. The van der Waals surface area contributed by atoms with Crippen LogP contribution < -0.4 is 15.1 Å². The van der Waals surface area contributed by atoms with Gasteiger partial charge in [0.2, 0.25) is 5.43 Å². The van der Waals surface area contributed by atoms with Gasteiger partial charge in [0.1, 0.15) is 11.2 Å². The van der Waals surface area contributed by atoms with Crippen LogP contribution in [0.2, 0.25) is 0 Å². The van der Waals surface area contributed by atoms with Gasteiger partial charge in [0.05, 0.1) is 27.8 Å². The van der Waals surface area contributed by atoms with Gasteiger partial charge < -0.3 is 14.1 Å². The summed E-state index contributed by atoms with van der Waals surface area (Å²) in [6.07, 6.45) is 0. The second-order valence-electron chi connectivity index (χ2n) is 12.1. The third-order valence-electron chi connectivity index (χ3n) is 9.24. The van der Waals surface area contributed by atoms with Crippen LogP contribution in [0.15, 0.2) is 137 Å². The van der Waals surface area contributed by atoms with Crippen LogP contribution in [0.3, 0.4) is 0 Å². The molecule has 210 valence electrons. The lowest BCUT2D eigenvalue weighted by molar-refractivity contribution is 0.471. The van der Waals surface area contributed by atoms with E-state index in [4.69, 9.17) is 9.15 Å². The van der Waals surface area contributed by atoms with Crippen molar-refractivity contribution in [1.29, 1.82) is 0 Å². The summed E-state index contributed by atoms with van der Waals surface area (Å²) in [5.74, 6) is 1.74. The predicted octanol–water partition coefficient (Wildman–Crippen LogP) is 10.5. The fraction of sp³-hybridized carbons (Fsp3) is 0.0750. The zero-order chi connectivity index (χ0) is 29.6. The Labute approximate surface area is 254 Å². The molecule has 0 fully saturated rings. The van der Waals surface area contributed by atoms with Crippen LogP contribution in [0.5, 0.6) is 11.5 Å². The zero-order valence-electron chi connectivity index (χ0n) is 24.3. The summed E-state index contributed by atoms with van der Waals surface area (Å²) >= 11 is 0. The normalized spacial score (nSPS) is 14.1. The first kappa shape index (κ1) is 24.9. The Morgan fingerprint density at radius 1 is 0.545 bits per heavy atom. The van der Waals surface area contributed by atoms with Crippen LogP contribution in [0.4, 0.5) is 17.1 Å². The minimum Gasteiger partial charge on any atom is -0.456 e. The van der Waals surface area contributed by atoms with Gasteiger partial charge in [0.25, 0.3) is 0 Å². The van der Waals surface area contributed by atoms with Gasteiger partial charge >= 0.3 is 0 Å². The van der Waals surface area contributed by atoms with Gasteiger partial charge in [-0.15, -0.1) is 0 Å². The van der Waals surface area contributed by atoms with E-state index >= 15 is 0 Å². The summed E-state index contributed by atoms with van der Waals surface area (Å²) in [5.41, 5.74) is 11.1. The van der Waals surface area contributed by atoms with Gasteiger partial charge in [-0.3, -0.25) is 4.79 Å². The molecule has 9 rings (SSSR count). The van der Waals surface area contributed by atoms with Crippen LogP contribution in [0.25, 0.3) is 44.2 Å². The van der Waals surface area contributed by atoms with Gasteiger partial charge in [-0.05, 0) is 94.0 Å². The number of rotatable bonds is 2. The summed E-state index contributed by atoms with van der Waals surface area (Å²) in [7, 11) is 0. The van der Waals surface area contributed by atoms with Gasteiger partial charge in [-0.1, -0.05) is 80.6 Å². The van der Waals surface area contributed by atoms with E-state index in [1.807, 2.05) is 54.6 Å². The van der Waals surface area contributed by atoms with Crippen LogP contribution in [0, 0.1) is 0 Å². The first-order valence-electron chi connectivity index (χ1n) is 14.9. The Balaban J connectivity index is 1.17. The van der Waals surface area contributed by atoms with Crippen molar-refractivity contribution in [3.63, 3.8) is 0 Å². The number of nitrogens with zero attached hydrogens (tertiary/aromatic N) is 1. The summed E-state index contributed by atoms with van der Waals surface area (Å²) in [6.45, 7) is 4.59. The van der Waals surface area contributed by atoms with Crippen molar-refractivity contribution >= 4 is 39.0 Å². The Bertz CT molecular complexity index is 2380. The van der Waals surface area contributed by atoms with E-state index in [1.165, 1.54) is 16.8 Å². The minimum absolute atomic E-state index is 0.00935. The van der Waals surface area contributed by atoms with Crippen molar-refractivity contribution in [3.8, 4) is 33.8 Å². The van der Waals surface area contributed by atoms with Crippen molar-refractivity contribution in [2.24, 2.45) is 0 Å². The number of anilines is 3. The van der Waals surface area contributed by atoms with E-state index in [0.717, 1.165) is 45.1 Å². The van der Waals surface area contributed by atoms with Crippen molar-refractivity contribution in [2.45, 2.75) is 19.3 Å². The molecule has 4 nitrogen and oxygen atoms in total. The van der Waals surface area contributed by atoms with Crippen LogP contribution in [-0.4, -0.2) is 0 Å². The van der Waals surface area contributed by atoms with Crippen molar-refractivity contribution in [1.82, 2.24) is 0 Å². The fourth-order valence-corrected chi connectivity index (χ4v) is 6.97. The van der Waals surface area contributed by atoms with Crippen LogP contribution in [0.1, 0.15) is 25.0 Å². The molecule has 0 radical (unpaired) electrons. The molecule has 3 heterocycles. The number of hydrogen-bond acceptors (Lipinski definition) is 4. The third-order valence-corrected chi connectivity index (χ3v) is 9.24. The SMILES string of the molecule is CC1(C)c2cc(-c3cccc(-c4ccc5oc6ccccc6c(=O)c5c4)c3)ccc2N2c3ccccc3Oc3cccc1c32. The molecule has 7 aromatic rings. The number of fused-ring (bicyclic) bond motifs is 6. The Morgan fingerprint density at radius 2 is 1.23 bits per heavy atom. The molecule has 0 N–H and O–H groups in total. The lowest BCUT2D eigenvalue weighted by Crippen LogP contribution is -2.32. The molecule has 0 saturated carbocycles. The highest BCUT2D eigenvalue weighted by Crippen LogP contribution is 2.59. The first-order chi connectivity index (χ1) is 21.5. The topological polar surface area (TPSA) is 42.7 Å². The summed E-state index contributed by atoms with van der Waals surface area (Å²) in [4.78, 5) is 15.7. The Kier molecular flexibility index (Phi) is 5.07. The summed E-state index contributed by atoms with van der Waals surface area (Å²) < 4.78 is 12.4. The molecule has 1 aromatic heterocycles. The molecule has 2 aliphatic rings. The van der Waals surface area contributed by atoms with Crippen molar-refractivity contribution < 1.29 is 9.15 Å². The lowest BCUT2D eigenvalue weighted by Gasteiger charge is -2.45. The highest BCUT2D eigenvalue weighted by Gasteiger charge is 2.41. The largest absolute Gasteiger partial charge is 0.456 e. The molecule has 0 saturated heterocycles. The van der Waals surface area contributed by atoms with E-state index in [2.05, 4.69) is 91.5 Å². The lowest BCUT2D eigenvalue weighted by atomic mass is 9.72. The maximum atomic E-state index is 13.3. The van der Waals surface area contributed by atoms with Gasteiger partial charge in [0.15, 0.2) is 11.5 Å².